The highest BCUT2D eigenvalue weighted by Gasteiger charge is 2.40. The molecule has 0 amide bonds. The summed E-state index contributed by atoms with van der Waals surface area (Å²) >= 11 is 0. The minimum atomic E-state index is -2.69. The summed E-state index contributed by atoms with van der Waals surface area (Å²) in [6.45, 7) is 0.915. The highest BCUT2D eigenvalue weighted by Crippen LogP contribution is 2.44. The van der Waals surface area contributed by atoms with E-state index in [4.69, 9.17) is 10.5 Å². The maximum absolute atomic E-state index is 13.7. The molecule has 2 aromatic carbocycles. The third-order valence-electron chi connectivity index (χ3n) is 7.22. The number of anilines is 1. The van der Waals surface area contributed by atoms with E-state index >= 15 is 0 Å². The molecule has 3 heterocycles. The summed E-state index contributed by atoms with van der Waals surface area (Å²) in [6, 6.07) is 13.7. The van der Waals surface area contributed by atoms with Gasteiger partial charge < -0.3 is 20.1 Å². The van der Waals surface area contributed by atoms with Crippen LogP contribution in [-0.2, 0) is 0 Å². The minimum Gasteiger partial charge on any atom is -0.485 e. The first kappa shape index (κ1) is 24.8. The van der Waals surface area contributed by atoms with Crippen LogP contribution in [0.5, 0.6) is 5.75 Å². The molecule has 0 saturated heterocycles. The highest BCUT2D eigenvalue weighted by molar-refractivity contribution is 6.03. The summed E-state index contributed by atoms with van der Waals surface area (Å²) < 4.78 is 34.6. The standard InChI is InChI=1S/C28H25F2N5O4/c1-28(38)10-17(11-28)34-12-20(23-24(34)26(36)33-32-25(23)31)15-7-8-18-19(9-15)27(37)35(16-5-3-2-4-6-16)13-21(18)39-14-22(29)30/h2-9,12-13,17,22,38H,10-11,14H2,1H3,(H2,31,32)(H,33,36). The SMILES string of the molecule is CC1(O)CC(n2cc(-c3ccc4c(OCC(F)F)cn(-c5ccccc5)c(=O)c4c3)c3c(N)n[nH]c(=O)c32)C1. The van der Waals surface area contributed by atoms with Crippen molar-refractivity contribution in [3.63, 3.8) is 0 Å². The third kappa shape index (κ3) is 4.24. The molecule has 3 aromatic heterocycles. The number of nitrogens with two attached hydrogens (primary N) is 1. The predicted octanol–water partition coefficient (Wildman–Crippen LogP) is 4.01. The van der Waals surface area contributed by atoms with Crippen molar-refractivity contribution in [1.29, 1.82) is 0 Å². The fraction of sp³-hybridized carbons (Fsp3) is 0.250. The number of ether oxygens (including phenoxy) is 1. The molecule has 1 saturated carbocycles. The second kappa shape index (κ2) is 9.05. The molecule has 1 aliphatic carbocycles. The molecule has 4 N–H and O–H groups in total. The van der Waals surface area contributed by atoms with Gasteiger partial charge in [-0.25, -0.2) is 13.9 Å². The lowest BCUT2D eigenvalue weighted by Gasteiger charge is -2.41. The number of rotatable bonds is 6. The van der Waals surface area contributed by atoms with Crippen molar-refractivity contribution in [2.24, 2.45) is 0 Å². The number of alkyl halides is 2. The molecule has 0 radical (unpaired) electrons. The monoisotopic (exact) mass is 533 g/mol. The van der Waals surface area contributed by atoms with Gasteiger partial charge in [0.1, 0.15) is 17.9 Å². The minimum absolute atomic E-state index is 0.111. The van der Waals surface area contributed by atoms with E-state index in [-0.39, 0.29) is 28.6 Å². The van der Waals surface area contributed by atoms with Gasteiger partial charge in [0, 0.05) is 28.9 Å². The van der Waals surface area contributed by atoms with Gasteiger partial charge in [-0.1, -0.05) is 24.3 Å². The van der Waals surface area contributed by atoms with Crippen LogP contribution < -0.4 is 21.6 Å². The van der Waals surface area contributed by atoms with Crippen LogP contribution in [0.1, 0.15) is 25.8 Å². The number of fused-ring (bicyclic) bond motifs is 2. The maximum atomic E-state index is 13.7. The van der Waals surface area contributed by atoms with Gasteiger partial charge in [-0.05, 0) is 49.6 Å². The fourth-order valence-electron chi connectivity index (χ4n) is 5.42. The first-order valence-corrected chi connectivity index (χ1v) is 12.4. The zero-order valence-corrected chi connectivity index (χ0v) is 20.9. The Morgan fingerprint density at radius 1 is 1.15 bits per heavy atom. The number of nitrogens with zero attached hydrogens (tertiary/aromatic N) is 3. The Labute approximate surface area is 220 Å². The molecule has 0 unspecified atom stereocenters. The summed E-state index contributed by atoms with van der Waals surface area (Å²) in [7, 11) is 0. The number of aromatic amines is 1. The van der Waals surface area contributed by atoms with E-state index in [0.29, 0.717) is 45.9 Å². The third-order valence-corrected chi connectivity index (χ3v) is 7.22. The number of halogens is 2. The molecule has 5 aromatic rings. The van der Waals surface area contributed by atoms with E-state index < -0.39 is 24.2 Å². The number of hydrogen-bond donors (Lipinski definition) is 3. The molecule has 6 rings (SSSR count). The van der Waals surface area contributed by atoms with E-state index in [1.807, 2.05) is 0 Å². The van der Waals surface area contributed by atoms with Crippen LogP contribution in [-0.4, -0.2) is 43.1 Å². The number of pyridine rings is 1. The van der Waals surface area contributed by atoms with Crippen molar-refractivity contribution in [1.82, 2.24) is 19.3 Å². The molecule has 0 spiro atoms. The molecule has 0 atom stereocenters. The largest absolute Gasteiger partial charge is 0.485 e. The number of aliphatic hydroxyl groups is 1. The van der Waals surface area contributed by atoms with Gasteiger partial charge in [0.05, 0.1) is 22.6 Å². The lowest BCUT2D eigenvalue weighted by molar-refractivity contribution is -0.0497. The number of nitrogen functional groups attached to an aromatic ring is 1. The van der Waals surface area contributed by atoms with Crippen LogP contribution in [0, 0.1) is 0 Å². The van der Waals surface area contributed by atoms with Crippen LogP contribution in [0.25, 0.3) is 38.5 Å². The van der Waals surface area contributed by atoms with Crippen LogP contribution in [0.3, 0.4) is 0 Å². The van der Waals surface area contributed by atoms with Crippen molar-refractivity contribution >= 4 is 27.5 Å². The number of nitrogens with one attached hydrogen (secondary N) is 1. The molecule has 200 valence electrons. The van der Waals surface area contributed by atoms with Gasteiger partial charge >= 0.3 is 0 Å². The Morgan fingerprint density at radius 2 is 1.90 bits per heavy atom. The molecule has 1 aliphatic rings. The van der Waals surface area contributed by atoms with Gasteiger partial charge in [0.25, 0.3) is 17.5 Å². The van der Waals surface area contributed by atoms with E-state index in [0.717, 1.165) is 0 Å². The van der Waals surface area contributed by atoms with E-state index in [9.17, 15) is 23.5 Å². The quantitative estimate of drug-likeness (QED) is 0.303. The molecular weight excluding hydrogens is 508 g/mol. The van der Waals surface area contributed by atoms with E-state index in [1.165, 1.54) is 10.8 Å². The van der Waals surface area contributed by atoms with Crippen molar-refractivity contribution < 1.29 is 18.6 Å². The zero-order valence-electron chi connectivity index (χ0n) is 20.9. The van der Waals surface area contributed by atoms with Gasteiger partial charge in [-0.2, -0.15) is 5.10 Å². The Kier molecular flexibility index (Phi) is 5.76. The van der Waals surface area contributed by atoms with Gasteiger partial charge in [0.15, 0.2) is 5.82 Å². The lowest BCUT2D eigenvalue weighted by Crippen LogP contribution is -2.42. The van der Waals surface area contributed by atoms with Gasteiger partial charge in [0.2, 0.25) is 0 Å². The van der Waals surface area contributed by atoms with Crippen molar-refractivity contribution in [3.8, 4) is 22.6 Å². The average Bonchev–Trinajstić information content (AvgIpc) is 3.31. The Balaban J connectivity index is 1.58. The summed E-state index contributed by atoms with van der Waals surface area (Å²) in [5.74, 6) is 0.248. The number of para-hydroxylation sites is 1. The summed E-state index contributed by atoms with van der Waals surface area (Å²) in [4.78, 5) is 26.5. The first-order valence-electron chi connectivity index (χ1n) is 12.4. The van der Waals surface area contributed by atoms with Crippen molar-refractivity contribution in [2.45, 2.75) is 37.8 Å². The summed E-state index contributed by atoms with van der Waals surface area (Å²) in [6.07, 6.45) is 1.43. The van der Waals surface area contributed by atoms with E-state index in [2.05, 4.69) is 10.2 Å². The Hall–Kier alpha value is -4.51. The Bertz CT molecular complexity index is 1830. The second-order valence-electron chi connectivity index (χ2n) is 10.1. The molecule has 39 heavy (non-hydrogen) atoms. The molecule has 0 bridgehead atoms. The molecule has 11 heteroatoms. The van der Waals surface area contributed by atoms with Crippen LogP contribution >= 0.6 is 0 Å². The van der Waals surface area contributed by atoms with E-state index in [1.54, 1.807) is 66.2 Å². The number of H-pyrrole nitrogens is 1. The number of aromatic nitrogens is 4. The topological polar surface area (TPSA) is 128 Å². The van der Waals surface area contributed by atoms with Gasteiger partial charge in [-0.15, -0.1) is 0 Å². The van der Waals surface area contributed by atoms with Gasteiger partial charge in [-0.3, -0.25) is 14.2 Å². The predicted molar refractivity (Wildman–Crippen MR) is 144 cm³/mol. The highest BCUT2D eigenvalue weighted by atomic mass is 19.3. The van der Waals surface area contributed by atoms with Crippen molar-refractivity contribution in [2.75, 3.05) is 12.3 Å². The van der Waals surface area contributed by atoms with Crippen LogP contribution in [0.4, 0.5) is 14.6 Å². The summed E-state index contributed by atoms with van der Waals surface area (Å²) in [5, 5.41) is 17.7. The average molecular weight is 534 g/mol. The summed E-state index contributed by atoms with van der Waals surface area (Å²) in [5.41, 5.74) is 6.64. The zero-order chi connectivity index (χ0) is 27.5. The molecule has 1 fully saturated rings. The normalized spacial score (nSPS) is 19.1. The van der Waals surface area contributed by atoms with Crippen LogP contribution in [0.2, 0.25) is 0 Å². The molecular formula is C28H25F2N5O4. The fourth-order valence-corrected chi connectivity index (χ4v) is 5.42. The molecule has 9 nitrogen and oxygen atoms in total. The number of benzene rings is 2. The number of hydrogen-bond acceptors (Lipinski definition) is 6. The van der Waals surface area contributed by atoms with Crippen molar-refractivity contribution in [3.05, 3.63) is 81.6 Å². The second-order valence-corrected chi connectivity index (χ2v) is 10.1. The lowest BCUT2D eigenvalue weighted by atomic mass is 9.77. The molecule has 0 aliphatic heterocycles. The smallest absolute Gasteiger partial charge is 0.288 e. The maximum Gasteiger partial charge on any atom is 0.288 e. The van der Waals surface area contributed by atoms with Crippen LogP contribution in [0.15, 0.2) is 70.5 Å². The Morgan fingerprint density at radius 3 is 2.59 bits per heavy atom. The first-order chi connectivity index (χ1) is 18.6.